The predicted octanol–water partition coefficient (Wildman–Crippen LogP) is 1.76. The molecule has 18 nitrogen and oxygen atoms in total. The fourth-order valence-electron chi connectivity index (χ4n) is 1.82. The second-order valence-corrected chi connectivity index (χ2v) is 5.27. The van der Waals surface area contributed by atoms with Gasteiger partial charge in [-0.2, -0.15) is 10.2 Å². The maximum atomic E-state index is 8.25. The normalized spacial score (nSPS) is 8.35. The van der Waals surface area contributed by atoms with E-state index in [0.717, 1.165) is 34.2 Å². The number of aryl methyl sites for hydroxylation is 2. The molecule has 1 radical (unpaired) electrons. The maximum absolute atomic E-state index is 8.25. The van der Waals surface area contributed by atoms with E-state index in [1.165, 1.54) is 0 Å². The van der Waals surface area contributed by atoms with Crippen molar-refractivity contribution in [2.75, 3.05) is 6.61 Å². The summed E-state index contributed by atoms with van der Waals surface area (Å²) in [5, 5.41) is 66.1. The molecule has 3 N–H and O–H groups in total. The van der Waals surface area contributed by atoms with Crippen LogP contribution in [0.5, 0.6) is 0 Å². The van der Waals surface area contributed by atoms with Crippen molar-refractivity contribution in [3.8, 4) is 22.8 Å². The third kappa shape index (κ3) is 20.4. The number of aromatic amines is 2. The zero-order valence-corrected chi connectivity index (χ0v) is 21.0. The Hall–Kier alpha value is -3.49. The molecule has 0 atom stereocenters. The maximum Gasteiger partial charge on any atom is 3.00 e. The summed E-state index contributed by atoms with van der Waals surface area (Å²) < 4.78 is 0. The number of nitrogens with one attached hydrogen (secondary N) is 2. The molecule has 3 rings (SSSR count). The predicted molar refractivity (Wildman–Crippen MR) is 113 cm³/mol. The molecule has 0 aliphatic heterocycles. The largest absolute Gasteiger partial charge is 3.00 e. The Morgan fingerprint density at radius 2 is 1.03 bits per heavy atom. The van der Waals surface area contributed by atoms with Gasteiger partial charge in [-0.15, -0.1) is 0 Å². The number of aromatic nitrogens is 5. The second kappa shape index (κ2) is 20.1. The molecule has 0 fully saturated rings. The van der Waals surface area contributed by atoms with Crippen molar-refractivity contribution in [2.45, 2.75) is 20.8 Å². The third-order valence-corrected chi connectivity index (χ3v) is 2.69. The number of rotatable bonds is 2. The standard InChI is InChI=1S/C13H13N5.C2H6O.Ce.3NO3/c1-8-6-12(17-15-8)10-4-3-5-11(14-10)13-7-9(2)16-18-13;1-2-3;;3*2-1(3)4/h3-7H,1-2H3,(H,15,17)(H,16,18);3H,2H2,1H3;;;;/q;;+3;3*-1. The SMILES string of the molecule is CCO.Cc1cc(-c2cccc(-c3cc(C)[nH]n3)n2)n[nH]1.O=[N+]([O-])[O-].O=[N+]([O-])[O-].O=[N+]([O-])[O-].[Ce+3]. The van der Waals surface area contributed by atoms with Crippen LogP contribution in [-0.4, -0.2) is 52.4 Å². The van der Waals surface area contributed by atoms with Crippen LogP contribution in [-0.2, 0) is 0 Å². The third-order valence-electron chi connectivity index (χ3n) is 2.69. The van der Waals surface area contributed by atoms with Gasteiger partial charge in [0.15, 0.2) is 0 Å². The Balaban J connectivity index is -0.000000500. The van der Waals surface area contributed by atoms with Crippen molar-refractivity contribution in [1.29, 1.82) is 0 Å². The van der Waals surface area contributed by atoms with E-state index in [0.29, 0.717) is 0 Å². The molecule has 0 unspecified atom stereocenters. The first-order valence-electron chi connectivity index (χ1n) is 8.41. The number of pyridine rings is 1. The number of hydrogen-bond acceptors (Lipinski definition) is 13. The first kappa shape index (κ1) is 35.1. The molecule has 34 heavy (non-hydrogen) atoms. The minimum atomic E-state index is -1.75. The van der Waals surface area contributed by atoms with E-state index in [1.807, 2.05) is 44.2 Å². The van der Waals surface area contributed by atoms with Gasteiger partial charge in [-0.05, 0) is 45.0 Å². The van der Waals surface area contributed by atoms with Crippen molar-refractivity contribution in [3.05, 3.63) is 87.7 Å². The monoisotopic (exact) mass is 611 g/mol. The molecule has 0 aliphatic carbocycles. The van der Waals surface area contributed by atoms with E-state index in [1.54, 1.807) is 6.92 Å². The van der Waals surface area contributed by atoms with Gasteiger partial charge in [-0.1, -0.05) is 6.07 Å². The van der Waals surface area contributed by atoms with Crippen LogP contribution in [0.2, 0.25) is 0 Å². The summed E-state index contributed by atoms with van der Waals surface area (Å²) in [6.07, 6.45) is 0. The molecule has 3 aromatic rings. The van der Waals surface area contributed by atoms with Crippen molar-refractivity contribution >= 4 is 0 Å². The Morgan fingerprint density at radius 1 is 0.765 bits per heavy atom. The summed E-state index contributed by atoms with van der Waals surface area (Å²) >= 11 is 0. The van der Waals surface area contributed by atoms with E-state index < -0.39 is 15.3 Å². The smallest absolute Gasteiger partial charge is 0.397 e. The van der Waals surface area contributed by atoms with Crippen molar-refractivity contribution in [2.24, 2.45) is 0 Å². The average molecular weight is 611 g/mol. The van der Waals surface area contributed by atoms with E-state index in [-0.39, 0.29) is 48.4 Å². The van der Waals surface area contributed by atoms with Gasteiger partial charge in [0.2, 0.25) is 0 Å². The Kier molecular flexibility index (Phi) is 20.8. The molecular weight excluding hydrogens is 592 g/mol. The van der Waals surface area contributed by atoms with Crippen molar-refractivity contribution in [3.63, 3.8) is 0 Å². The molecule has 0 amide bonds. The number of aliphatic hydroxyl groups is 1. The van der Waals surface area contributed by atoms with Crippen LogP contribution < -0.4 is 0 Å². The van der Waals surface area contributed by atoms with Gasteiger partial charge in [0, 0.05) is 18.0 Å². The van der Waals surface area contributed by atoms with Gasteiger partial charge in [-0.3, -0.25) is 10.2 Å². The number of hydrogen-bond donors (Lipinski definition) is 3. The van der Waals surface area contributed by atoms with E-state index in [2.05, 4.69) is 25.4 Å². The van der Waals surface area contributed by atoms with Crippen molar-refractivity contribution in [1.82, 2.24) is 25.4 Å². The summed E-state index contributed by atoms with van der Waals surface area (Å²) in [7, 11) is 0. The zero-order chi connectivity index (χ0) is 26.0. The van der Waals surface area contributed by atoms with Crippen LogP contribution in [0.3, 0.4) is 0 Å². The van der Waals surface area contributed by atoms with Gasteiger partial charge < -0.3 is 51.1 Å². The quantitative estimate of drug-likeness (QED) is 0.275. The first-order chi connectivity index (χ1) is 15.3. The fraction of sp³-hybridized carbons (Fsp3) is 0.267. The van der Waals surface area contributed by atoms with Gasteiger partial charge in [0.05, 0.1) is 26.6 Å². The zero-order valence-electron chi connectivity index (χ0n) is 17.9. The Bertz CT molecular complexity index is 901. The molecule has 3 heterocycles. The summed E-state index contributed by atoms with van der Waals surface area (Å²) in [5.41, 5.74) is 5.43. The Labute approximate surface area is 224 Å². The minimum absolute atomic E-state index is 0. The topological polar surface area (TPSA) is 289 Å². The average Bonchev–Trinajstić information content (AvgIpc) is 3.30. The van der Waals surface area contributed by atoms with E-state index >= 15 is 0 Å². The first-order valence-corrected chi connectivity index (χ1v) is 8.41. The molecule has 0 saturated carbocycles. The van der Waals surface area contributed by atoms with Crippen LogP contribution in [0.4, 0.5) is 0 Å². The van der Waals surface area contributed by atoms with Crippen LogP contribution in [0.25, 0.3) is 22.8 Å². The molecule has 0 spiro atoms. The number of H-pyrrole nitrogens is 2. The molecule has 0 aliphatic rings. The summed E-state index contributed by atoms with van der Waals surface area (Å²) in [6, 6.07) is 9.80. The molecule has 0 aromatic carbocycles. The van der Waals surface area contributed by atoms with Crippen LogP contribution in [0.1, 0.15) is 18.3 Å². The number of aliphatic hydroxyl groups excluding tert-OH is 1. The second-order valence-electron chi connectivity index (χ2n) is 5.27. The van der Waals surface area contributed by atoms with Crippen LogP contribution in [0, 0.1) is 102 Å². The van der Waals surface area contributed by atoms with Crippen LogP contribution >= 0.6 is 0 Å². The van der Waals surface area contributed by atoms with Crippen molar-refractivity contribution < 1.29 is 62.1 Å². The van der Waals surface area contributed by atoms with Crippen LogP contribution in [0.15, 0.2) is 30.3 Å². The van der Waals surface area contributed by atoms with Gasteiger partial charge in [0.1, 0.15) is 11.4 Å². The summed E-state index contributed by atoms with van der Waals surface area (Å²) in [6.45, 7) is 5.87. The minimum Gasteiger partial charge on any atom is -0.397 e. The summed E-state index contributed by atoms with van der Waals surface area (Å²) in [4.78, 5) is 29.3. The number of nitrogens with zero attached hydrogens (tertiary/aromatic N) is 6. The van der Waals surface area contributed by atoms with Gasteiger partial charge in [0.25, 0.3) is 0 Å². The molecule has 0 bridgehead atoms. The molecule has 3 aromatic heterocycles. The molecule has 0 saturated heterocycles. The molecular formula is C15H19CeN8O10. The summed E-state index contributed by atoms with van der Waals surface area (Å²) in [5.74, 6) is 0. The van der Waals surface area contributed by atoms with E-state index in [4.69, 9.17) is 51.1 Å². The molecule has 183 valence electrons. The van der Waals surface area contributed by atoms with Gasteiger partial charge >= 0.3 is 41.7 Å². The Morgan fingerprint density at radius 3 is 1.24 bits per heavy atom. The molecule has 19 heteroatoms. The van der Waals surface area contributed by atoms with E-state index in [9.17, 15) is 0 Å². The van der Waals surface area contributed by atoms with Gasteiger partial charge in [-0.25, -0.2) is 4.98 Å². The fourth-order valence-corrected chi connectivity index (χ4v) is 1.82.